The number of hydrogen-bond donors (Lipinski definition) is 1. The van der Waals surface area contributed by atoms with E-state index in [4.69, 9.17) is 0 Å². The first kappa shape index (κ1) is 21.0. The molecule has 1 atom stereocenters. The lowest BCUT2D eigenvalue weighted by atomic mass is 10.0. The quantitative estimate of drug-likeness (QED) is 0.568. The third-order valence-corrected chi connectivity index (χ3v) is 6.73. The van der Waals surface area contributed by atoms with Crippen molar-refractivity contribution in [3.05, 3.63) is 80.6 Å². The van der Waals surface area contributed by atoms with Crippen LogP contribution in [0, 0.1) is 6.92 Å². The van der Waals surface area contributed by atoms with Crippen LogP contribution in [0.3, 0.4) is 0 Å². The Morgan fingerprint density at radius 1 is 1.13 bits per heavy atom. The van der Waals surface area contributed by atoms with Crippen LogP contribution in [0.1, 0.15) is 22.0 Å². The van der Waals surface area contributed by atoms with E-state index in [0.717, 1.165) is 46.9 Å². The molecule has 4 rings (SSSR count). The van der Waals surface area contributed by atoms with E-state index in [1.54, 1.807) is 11.3 Å². The molecule has 0 radical (unpaired) electrons. The minimum Gasteiger partial charge on any atom is -0.354 e. The SMILES string of the molecule is Cc1ccc(C(NC(=O)CN2CCN(c3ccc(Br)cn3)CC2)c2cccs2)cc1. The van der Waals surface area contributed by atoms with Crippen molar-refractivity contribution in [3.63, 3.8) is 0 Å². The monoisotopic (exact) mass is 484 g/mol. The minimum absolute atomic E-state index is 0.0594. The second-order valence-electron chi connectivity index (χ2n) is 7.52. The van der Waals surface area contributed by atoms with Gasteiger partial charge in [0.15, 0.2) is 0 Å². The number of amides is 1. The van der Waals surface area contributed by atoms with Crippen molar-refractivity contribution >= 4 is 39.0 Å². The van der Waals surface area contributed by atoms with Crippen LogP contribution in [0.15, 0.2) is 64.6 Å². The van der Waals surface area contributed by atoms with Crippen molar-refractivity contribution in [1.29, 1.82) is 0 Å². The maximum atomic E-state index is 12.9. The molecule has 5 nitrogen and oxygen atoms in total. The van der Waals surface area contributed by atoms with Crippen LogP contribution in [0.2, 0.25) is 0 Å². The fraction of sp³-hybridized carbons (Fsp3) is 0.304. The third kappa shape index (κ3) is 5.28. The Kier molecular flexibility index (Phi) is 6.82. The molecule has 0 saturated carbocycles. The van der Waals surface area contributed by atoms with E-state index < -0.39 is 0 Å². The van der Waals surface area contributed by atoms with Gasteiger partial charge in [-0.3, -0.25) is 9.69 Å². The Balaban J connectivity index is 1.35. The van der Waals surface area contributed by atoms with Crippen molar-refractivity contribution < 1.29 is 4.79 Å². The van der Waals surface area contributed by atoms with Crippen LogP contribution >= 0.6 is 27.3 Å². The van der Waals surface area contributed by atoms with Gasteiger partial charge in [0.05, 0.1) is 12.6 Å². The van der Waals surface area contributed by atoms with E-state index in [1.807, 2.05) is 24.4 Å². The summed E-state index contributed by atoms with van der Waals surface area (Å²) in [6, 6.07) is 16.4. The first-order chi connectivity index (χ1) is 14.6. The van der Waals surface area contributed by atoms with Crippen LogP contribution in [0.25, 0.3) is 0 Å². The summed E-state index contributed by atoms with van der Waals surface area (Å²) in [5, 5.41) is 5.30. The van der Waals surface area contributed by atoms with Crippen molar-refractivity contribution in [2.45, 2.75) is 13.0 Å². The van der Waals surface area contributed by atoms with Crippen molar-refractivity contribution in [3.8, 4) is 0 Å². The Labute approximate surface area is 189 Å². The molecule has 1 saturated heterocycles. The summed E-state index contributed by atoms with van der Waals surface area (Å²) in [7, 11) is 0. The molecular formula is C23H25BrN4OS. The molecule has 7 heteroatoms. The number of halogens is 1. The number of carbonyl (C=O) groups excluding carboxylic acids is 1. The zero-order valence-electron chi connectivity index (χ0n) is 16.9. The van der Waals surface area contributed by atoms with Crippen molar-refractivity contribution in [2.75, 3.05) is 37.6 Å². The lowest BCUT2D eigenvalue weighted by Gasteiger charge is -2.35. The summed E-state index contributed by atoms with van der Waals surface area (Å²) >= 11 is 5.10. The van der Waals surface area contributed by atoms with Gasteiger partial charge in [-0.15, -0.1) is 11.3 Å². The number of hydrogen-bond acceptors (Lipinski definition) is 5. The number of benzene rings is 1. The highest BCUT2D eigenvalue weighted by molar-refractivity contribution is 9.10. The highest BCUT2D eigenvalue weighted by atomic mass is 79.9. The minimum atomic E-state index is -0.105. The zero-order valence-corrected chi connectivity index (χ0v) is 19.3. The fourth-order valence-corrected chi connectivity index (χ4v) is 4.67. The fourth-order valence-electron chi connectivity index (χ4n) is 3.63. The van der Waals surface area contributed by atoms with Crippen LogP contribution in [0.4, 0.5) is 5.82 Å². The number of aromatic nitrogens is 1. The number of thiophene rings is 1. The molecule has 1 aliphatic heterocycles. The number of piperazine rings is 1. The zero-order chi connectivity index (χ0) is 20.9. The lowest BCUT2D eigenvalue weighted by Crippen LogP contribution is -2.50. The van der Waals surface area contributed by atoms with Crippen LogP contribution in [0.5, 0.6) is 0 Å². The third-order valence-electron chi connectivity index (χ3n) is 5.32. The lowest BCUT2D eigenvalue weighted by molar-refractivity contribution is -0.122. The normalized spacial score (nSPS) is 15.7. The Morgan fingerprint density at radius 3 is 2.53 bits per heavy atom. The molecule has 1 aliphatic rings. The highest BCUT2D eigenvalue weighted by Crippen LogP contribution is 2.26. The Hall–Kier alpha value is -2.22. The molecule has 0 bridgehead atoms. The smallest absolute Gasteiger partial charge is 0.234 e. The maximum absolute atomic E-state index is 12.9. The van der Waals surface area contributed by atoms with Crippen LogP contribution < -0.4 is 10.2 Å². The van der Waals surface area contributed by atoms with E-state index in [2.05, 4.69) is 78.7 Å². The first-order valence-corrected chi connectivity index (χ1v) is 11.7. The summed E-state index contributed by atoms with van der Waals surface area (Å²) in [6.45, 7) is 5.92. The van der Waals surface area contributed by atoms with E-state index in [9.17, 15) is 4.79 Å². The standard InChI is InChI=1S/C23H25BrN4OS/c1-17-4-6-18(7-5-17)23(20-3-2-14-30-20)26-22(29)16-27-10-12-28(13-11-27)21-9-8-19(24)15-25-21/h2-9,14-15,23H,10-13,16H2,1H3,(H,26,29). The number of nitrogens with zero attached hydrogens (tertiary/aromatic N) is 3. The molecule has 1 amide bonds. The topological polar surface area (TPSA) is 48.5 Å². The second-order valence-corrected chi connectivity index (χ2v) is 9.42. The number of aryl methyl sites for hydroxylation is 1. The molecule has 3 aromatic rings. The molecule has 1 aromatic carbocycles. The second kappa shape index (κ2) is 9.73. The van der Waals surface area contributed by atoms with Crippen molar-refractivity contribution in [2.24, 2.45) is 0 Å². The van der Waals surface area contributed by atoms with Gasteiger partial charge in [-0.25, -0.2) is 4.98 Å². The van der Waals surface area contributed by atoms with Crippen LogP contribution in [-0.4, -0.2) is 48.5 Å². The van der Waals surface area contributed by atoms with E-state index in [-0.39, 0.29) is 11.9 Å². The van der Waals surface area contributed by atoms with Gasteiger partial charge >= 0.3 is 0 Å². The van der Waals surface area contributed by atoms with Gasteiger partial charge in [-0.1, -0.05) is 35.9 Å². The maximum Gasteiger partial charge on any atom is 0.234 e. The van der Waals surface area contributed by atoms with Gasteiger partial charge in [0.1, 0.15) is 5.82 Å². The molecular weight excluding hydrogens is 460 g/mol. The first-order valence-electron chi connectivity index (χ1n) is 10.1. The van der Waals surface area contributed by atoms with E-state index in [1.165, 1.54) is 5.56 Å². The highest BCUT2D eigenvalue weighted by Gasteiger charge is 2.22. The molecule has 1 unspecified atom stereocenters. The Morgan fingerprint density at radius 2 is 1.90 bits per heavy atom. The molecule has 0 spiro atoms. The average Bonchev–Trinajstić information content (AvgIpc) is 3.29. The molecule has 3 heterocycles. The molecule has 156 valence electrons. The molecule has 1 N–H and O–H groups in total. The van der Waals surface area contributed by atoms with Crippen LogP contribution in [-0.2, 0) is 4.79 Å². The van der Waals surface area contributed by atoms with Crippen molar-refractivity contribution in [1.82, 2.24) is 15.2 Å². The van der Waals surface area contributed by atoms with Gasteiger partial charge in [-0.2, -0.15) is 0 Å². The molecule has 2 aromatic heterocycles. The summed E-state index contributed by atoms with van der Waals surface area (Å²) < 4.78 is 0.982. The predicted molar refractivity (Wildman–Crippen MR) is 126 cm³/mol. The average molecular weight is 485 g/mol. The molecule has 0 aliphatic carbocycles. The van der Waals surface area contributed by atoms with Gasteiger partial charge in [0.2, 0.25) is 5.91 Å². The van der Waals surface area contributed by atoms with Gasteiger partial charge in [0, 0.05) is 41.7 Å². The van der Waals surface area contributed by atoms with Gasteiger partial charge in [-0.05, 0) is 52.0 Å². The summed E-state index contributed by atoms with van der Waals surface area (Å²) in [4.78, 5) is 23.0. The predicted octanol–water partition coefficient (Wildman–Crippen LogP) is 4.24. The summed E-state index contributed by atoms with van der Waals surface area (Å²) in [6.07, 6.45) is 1.82. The molecule has 1 fully saturated rings. The van der Waals surface area contributed by atoms with E-state index in [0.29, 0.717) is 6.54 Å². The van der Waals surface area contributed by atoms with Gasteiger partial charge < -0.3 is 10.2 Å². The number of anilines is 1. The molecule has 30 heavy (non-hydrogen) atoms. The number of pyridine rings is 1. The number of rotatable bonds is 6. The van der Waals surface area contributed by atoms with E-state index >= 15 is 0 Å². The number of nitrogens with one attached hydrogen (secondary N) is 1. The Bertz CT molecular complexity index is 952. The van der Waals surface area contributed by atoms with Gasteiger partial charge in [0.25, 0.3) is 0 Å². The largest absolute Gasteiger partial charge is 0.354 e. The summed E-state index contributed by atoms with van der Waals surface area (Å²) in [5.41, 5.74) is 2.33. The number of carbonyl (C=O) groups is 1. The summed E-state index contributed by atoms with van der Waals surface area (Å²) in [5.74, 6) is 1.05.